The first-order valence-corrected chi connectivity index (χ1v) is 11.9. The molecule has 34 heavy (non-hydrogen) atoms. The number of carbonyl (C=O) groups is 2. The smallest absolute Gasteiger partial charge is 0.335 e. The van der Waals surface area contributed by atoms with E-state index in [0.29, 0.717) is 24.6 Å². The Morgan fingerprint density at radius 2 is 1.21 bits per heavy atom. The Morgan fingerprint density at radius 1 is 0.735 bits per heavy atom. The molecular weight excluding hydrogens is 432 g/mol. The molecule has 1 N–H and O–H groups in total. The van der Waals surface area contributed by atoms with Gasteiger partial charge in [-0.1, -0.05) is 51.5 Å². The Labute approximate surface area is 201 Å². The Bertz CT molecular complexity index is 908. The van der Waals surface area contributed by atoms with Crippen molar-refractivity contribution in [3.05, 3.63) is 66.7 Å². The highest BCUT2D eigenvalue weighted by Crippen LogP contribution is 2.22. The number of esters is 1. The van der Waals surface area contributed by atoms with Gasteiger partial charge in [0.25, 0.3) is 0 Å². The maximum absolute atomic E-state index is 10.9. The second-order valence-electron chi connectivity index (χ2n) is 7.95. The minimum absolute atomic E-state index is 0.220. The molecule has 0 aliphatic heterocycles. The molecule has 0 aromatic heterocycles. The molecule has 0 aliphatic carbocycles. The lowest BCUT2D eigenvalue weighted by atomic mass is 10.1. The number of hydrogen-bond acceptors (Lipinski definition) is 6. The minimum atomic E-state index is -0.965. The van der Waals surface area contributed by atoms with E-state index in [0.717, 1.165) is 31.4 Å². The lowest BCUT2D eigenvalue weighted by Gasteiger charge is -2.06. The van der Waals surface area contributed by atoms with Crippen LogP contribution in [0.5, 0.6) is 5.75 Å². The van der Waals surface area contributed by atoms with Gasteiger partial charge in [-0.3, -0.25) is 0 Å². The predicted octanol–water partition coefficient (Wildman–Crippen LogP) is 7.42. The maximum atomic E-state index is 10.9. The third kappa shape index (κ3) is 11.4. The molecule has 0 radical (unpaired) electrons. The number of carboxylic acid groups (broad SMARTS) is 1. The summed E-state index contributed by atoms with van der Waals surface area (Å²) >= 11 is 0. The Balaban J connectivity index is 1.49. The zero-order chi connectivity index (χ0) is 24.4. The van der Waals surface area contributed by atoms with Crippen LogP contribution in [-0.2, 0) is 9.53 Å². The van der Waals surface area contributed by atoms with E-state index in [1.165, 1.54) is 50.3 Å². The van der Waals surface area contributed by atoms with Crippen LogP contribution >= 0.6 is 0 Å². The Morgan fingerprint density at radius 3 is 1.71 bits per heavy atom. The molecule has 0 amide bonds. The molecule has 0 saturated carbocycles. The molecule has 0 spiro atoms. The number of hydrogen-bond donors (Lipinski definition) is 1. The van der Waals surface area contributed by atoms with Crippen molar-refractivity contribution in [3.8, 4) is 5.75 Å². The molecule has 0 atom stereocenters. The van der Waals surface area contributed by atoms with Gasteiger partial charge >= 0.3 is 11.9 Å². The van der Waals surface area contributed by atoms with Crippen molar-refractivity contribution in [3.63, 3.8) is 0 Å². The summed E-state index contributed by atoms with van der Waals surface area (Å²) in [7, 11) is 0. The van der Waals surface area contributed by atoms with E-state index >= 15 is 0 Å². The zero-order valence-corrected chi connectivity index (χ0v) is 19.7. The second-order valence-corrected chi connectivity index (χ2v) is 7.95. The van der Waals surface area contributed by atoms with Crippen molar-refractivity contribution >= 4 is 23.3 Å². The largest absolute Gasteiger partial charge is 0.494 e. The number of aromatic carboxylic acids is 1. The summed E-state index contributed by atoms with van der Waals surface area (Å²) in [6, 6.07) is 13.7. The number of carboxylic acids is 1. The highest BCUT2D eigenvalue weighted by molar-refractivity contribution is 5.87. The first-order valence-electron chi connectivity index (χ1n) is 11.9. The summed E-state index contributed by atoms with van der Waals surface area (Å²) in [6.07, 6.45) is 11.5. The SMILES string of the molecule is C=CC(=O)OCCCCCCCCCCCOc1ccc(N=Nc2ccc(C(=O)O)cc2)cc1. The summed E-state index contributed by atoms with van der Waals surface area (Å²) in [5.74, 6) is -0.497. The molecule has 7 heteroatoms. The molecule has 182 valence electrons. The van der Waals surface area contributed by atoms with Crippen molar-refractivity contribution in [1.82, 2.24) is 0 Å². The van der Waals surface area contributed by atoms with Crippen molar-refractivity contribution in [2.24, 2.45) is 10.2 Å². The molecular formula is C27H34N2O5. The van der Waals surface area contributed by atoms with E-state index < -0.39 is 5.97 Å². The maximum Gasteiger partial charge on any atom is 0.335 e. The number of ether oxygens (including phenoxy) is 2. The third-order valence-corrected chi connectivity index (χ3v) is 5.20. The van der Waals surface area contributed by atoms with Crippen LogP contribution in [0, 0.1) is 0 Å². The molecule has 0 aliphatic rings. The highest BCUT2D eigenvalue weighted by Gasteiger charge is 2.01. The van der Waals surface area contributed by atoms with Crippen LogP contribution in [0.1, 0.15) is 68.1 Å². The average Bonchev–Trinajstić information content (AvgIpc) is 2.86. The fourth-order valence-electron chi connectivity index (χ4n) is 3.26. The van der Waals surface area contributed by atoms with Crippen molar-refractivity contribution in [2.45, 2.75) is 57.8 Å². The van der Waals surface area contributed by atoms with Crippen LogP contribution < -0.4 is 4.74 Å². The van der Waals surface area contributed by atoms with E-state index in [1.54, 1.807) is 12.1 Å². The van der Waals surface area contributed by atoms with Crippen LogP contribution in [0.4, 0.5) is 11.4 Å². The predicted molar refractivity (Wildman–Crippen MR) is 132 cm³/mol. The fraction of sp³-hybridized carbons (Fsp3) is 0.407. The first kappa shape index (κ1) is 26.8. The number of rotatable bonds is 17. The monoisotopic (exact) mass is 466 g/mol. The van der Waals surface area contributed by atoms with Gasteiger partial charge < -0.3 is 14.6 Å². The van der Waals surface area contributed by atoms with Crippen molar-refractivity contribution < 1.29 is 24.2 Å². The molecule has 7 nitrogen and oxygen atoms in total. The lowest BCUT2D eigenvalue weighted by Crippen LogP contribution is -2.01. The van der Waals surface area contributed by atoms with E-state index in [4.69, 9.17) is 14.6 Å². The first-order chi connectivity index (χ1) is 16.6. The minimum Gasteiger partial charge on any atom is -0.494 e. The number of unbranched alkanes of at least 4 members (excludes halogenated alkanes) is 8. The van der Waals surface area contributed by atoms with Gasteiger partial charge in [0, 0.05) is 6.08 Å². The summed E-state index contributed by atoms with van der Waals surface area (Å²) < 4.78 is 10.8. The molecule has 0 unspecified atom stereocenters. The van der Waals surface area contributed by atoms with Crippen LogP contribution in [0.2, 0.25) is 0 Å². The van der Waals surface area contributed by atoms with E-state index in [9.17, 15) is 9.59 Å². The third-order valence-electron chi connectivity index (χ3n) is 5.20. The molecule has 2 aromatic rings. The molecule has 2 aromatic carbocycles. The Hall–Kier alpha value is -3.48. The van der Waals surface area contributed by atoms with Gasteiger partial charge in [-0.15, -0.1) is 0 Å². The summed E-state index contributed by atoms with van der Waals surface area (Å²) in [5.41, 5.74) is 1.52. The molecule has 0 saturated heterocycles. The molecule has 0 fully saturated rings. The topological polar surface area (TPSA) is 97.5 Å². The van der Waals surface area contributed by atoms with Crippen LogP contribution in [0.25, 0.3) is 0 Å². The zero-order valence-electron chi connectivity index (χ0n) is 19.7. The van der Waals surface area contributed by atoms with E-state index in [2.05, 4.69) is 16.8 Å². The number of carbonyl (C=O) groups excluding carboxylic acids is 1. The van der Waals surface area contributed by atoms with E-state index in [1.807, 2.05) is 24.3 Å². The van der Waals surface area contributed by atoms with Crippen LogP contribution in [0.15, 0.2) is 71.4 Å². The fourth-order valence-corrected chi connectivity index (χ4v) is 3.26. The quantitative estimate of drug-likeness (QED) is 0.113. The lowest BCUT2D eigenvalue weighted by molar-refractivity contribution is -0.137. The number of azo groups is 1. The van der Waals surface area contributed by atoms with Gasteiger partial charge in [0.1, 0.15) is 5.75 Å². The van der Waals surface area contributed by atoms with E-state index in [-0.39, 0.29) is 11.5 Å². The van der Waals surface area contributed by atoms with Gasteiger partial charge in [-0.05, 0) is 61.4 Å². The molecule has 2 rings (SSSR count). The standard InChI is InChI=1S/C27H34N2O5/c1-2-26(30)34-21-11-9-7-5-3-4-6-8-10-20-33-25-18-16-24(17-19-25)29-28-23-14-12-22(13-15-23)27(31)32/h2,12-19H,1,3-11,20-21H2,(H,31,32). The number of nitrogens with zero attached hydrogens (tertiary/aromatic N) is 2. The average molecular weight is 467 g/mol. The van der Waals surface area contributed by atoms with Gasteiger partial charge in [-0.2, -0.15) is 10.2 Å². The highest BCUT2D eigenvalue weighted by atomic mass is 16.5. The summed E-state index contributed by atoms with van der Waals surface area (Å²) in [4.78, 5) is 21.8. The summed E-state index contributed by atoms with van der Waals surface area (Å²) in [5, 5.41) is 17.2. The Kier molecular flexibility index (Phi) is 12.7. The molecule has 0 heterocycles. The van der Waals surface area contributed by atoms with Gasteiger partial charge in [0.05, 0.1) is 30.2 Å². The normalized spacial score (nSPS) is 10.8. The van der Waals surface area contributed by atoms with Crippen LogP contribution in [0.3, 0.4) is 0 Å². The van der Waals surface area contributed by atoms with Gasteiger partial charge in [-0.25, -0.2) is 9.59 Å². The molecule has 0 bridgehead atoms. The van der Waals surface area contributed by atoms with Crippen molar-refractivity contribution in [1.29, 1.82) is 0 Å². The number of benzene rings is 2. The van der Waals surface area contributed by atoms with Crippen LogP contribution in [-0.4, -0.2) is 30.3 Å². The van der Waals surface area contributed by atoms with Gasteiger partial charge in [0.2, 0.25) is 0 Å². The summed E-state index contributed by atoms with van der Waals surface area (Å²) in [6.45, 7) is 4.56. The van der Waals surface area contributed by atoms with Crippen molar-refractivity contribution in [2.75, 3.05) is 13.2 Å². The van der Waals surface area contributed by atoms with Gasteiger partial charge in [0.15, 0.2) is 0 Å². The second kappa shape index (κ2) is 16.2.